The fraction of sp³-hybridized carbons (Fsp3) is 0.455. The minimum absolute atomic E-state index is 0.0981. The van der Waals surface area contributed by atoms with Gasteiger partial charge in [0, 0.05) is 0 Å². The van der Waals surface area contributed by atoms with Crippen molar-refractivity contribution in [2.45, 2.75) is 18.8 Å². The first-order chi connectivity index (χ1) is 7.61. The molecule has 1 aliphatic heterocycles. The Balaban J connectivity index is 2.40. The van der Waals surface area contributed by atoms with Crippen LogP contribution < -0.4 is 5.32 Å². The summed E-state index contributed by atoms with van der Waals surface area (Å²) in [5.74, 6) is -3.33. The quantitative estimate of drug-likeness (QED) is 0.595. The van der Waals surface area contributed by atoms with Crippen molar-refractivity contribution in [1.82, 2.24) is 5.32 Å². The van der Waals surface area contributed by atoms with E-state index in [0.29, 0.717) is 12.8 Å². The molecule has 1 heterocycles. The average molecular weight is 250 g/mol. The molecule has 1 fully saturated rings. The highest BCUT2D eigenvalue weighted by atomic mass is 35.5. The van der Waals surface area contributed by atoms with E-state index in [-0.39, 0.29) is 11.5 Å². The van der Waals surface area contributed by atoms with Crippen molar-refractivity contribution in [2.75, 3.05) is 13.1 Å². The molecule has 1 aliphatic rings. The SMILES string of the molecule is Fc1cc(C2CCNCC2)c(F)c(F)c1Cl. The van der Waals surface area contributed by atoms with Gasteiger partial charge in [-0.25, -0.2) is 13.2 Å². The second kappa shape index (κ2) is 4.63. The molecule has 0 radical (unpaired) electrons. The van der Waals surface area contributed by atoms with Crippen molar-refractivity contribution in [1.29, 1.82) is 0 Å². The highest BCUT2D eigenvalue weighted by Crippen LogP contribution is 2.32. The zero-order chi connectivity index (χ0) is 11.7. The minimum Gasteiger partial charge on any atom is -0.317 e. The maximum atomic E-state index is 13.6. The third-order valence-electron chi connectivity index (χ3n) is 2.91. The van der Waals surface area contributed by atoms with Gasteiger partial charge in [-0.2, -0.15) is 0 Å². The number of rotatable bonds is 1. The van der Waals surface area contributed by atoms with Gasteiger partial charge in [-0.1, -0.05) is 11.6 Å². The second-order valence-corrected chi connectivity index (χ2v) is 4.29. The summed E-state index contributed by atoms with van der Waals surface area (Å²) in [7, 11) is 0. The molecule has 1 aromatic carbocycles. The van der Waals surface area contributed by atoms with Crippen LogP contribution in [0.1, 0.15) is 24.3 Å². The molecule has 0 amide bonds. The normalized spacial score (nSPS) is 17.8. The molecule has 2 rings (SSSR count). The Morgan fingerprint density at radius 2 is 1.75 bits per heavy atom. The molecular formula is C11H11ClF3N. The summed E-state index contributed by atoms with van der Waals surface area (Å²) in [4.78, 5) is 0. The molecule has 0 bridgehead atoms. The largest absolute Gasteiger partial charge is 0.317 e. The molecule has 0 atom stereocenters. The Hall–Kier alpha value is -0.740. The number of nitrogens with one attached hydrogen (secondary N) is 1. The molecule has 0 spiro atoms. The molecule has 0 unspecified atom stereocenters. The Kier molecular flexibility index (Phi) is 3.40. The van der Waals surface area contributed by atoms with Crippen molar-refractivity contribution in [3.05, 3.63) is 34.1 Å². The Bertz CT molecular complexity index is 403. The van der Waals surface area contributed by atoms with Gasteiger partial charge in [-0.05, 0) is 43.5 Å². The van der Waals surface area contributed by atoms with Crippen LogP contribution in [-0.2, 0) is 0 Å². The monoisotopic (exact) mass is 249 g/mol. The maximum Gasteiger partial charge on any atom is 0.180 e. The van der Waals surface area contributed by atoms with E-state index in [0.717, 1.165) is 19.2 Å². The van der Waals surface area contributed by atoms with Crippen LogP contribution in [0.3, 0.4) is 0 Å². The second-order valence-electron chi connectivity index (χ2n) is 3.91. The summed E-state index contributed by atoms with van der Waals surface area (Å²) in [5, 5.41) is 2.34. The highest BCUT2D eigenvalue weighted by Gasteiger charge is 2.24. The first-order valence-electron chi connectivity index (χ1n) is 5.15. The maximum absolute atomic E-state index is 13.6. The summed E-state index contributed by atoms with van der Waals surface area (Å²) in [5.41, 5.74) is 0.0981. The van der Waals surface area contributed by atoms with E-state index in [1.54, 1.807) is 0 Å². The number of piperidine rings is 1. The van der Waals surface area contributed by atoms with E-state index >= 15 is 0 Å². The van der Waals surface area contributed by atoms with Gasteiger partial charge >= 0.3 is 0 Å². The Labute approximate surface area is 96.6 Å². The first kappa shape index (κ1) is 11.7. The Morgan fingerprint density at radius 3 is 2.38 bits per heavy atom. The lowest BCUT2D eigenvalue weighted by Gasteiger charge is -2.23. The van der Waals surface area contributed by atoms with Gasteiger partial charge < -0.3 is 5.32 Å². The van der Waals surface area contributed by atoms with E-state index in [4.69, 9.17) is 11.6 Å². The van der Waals surface area contributed by atoms with Gasteiger partial charge in [0.1, 0.15) is 10.8 Å². The zero-order valence-electron chi connectivity index (χ0n) is 8.49. The van der Waals surface area contributed by atoms with Crippen LogP contribution in [0.2, 0.25) is 5.02 Å². The molecule has 0 saturated carbocycles. The van der Waals surface area contributed by atoms with E-state index in [1.165, 1.54) is 0 Å². The summed E-state index contributed by atoms with van der Waals surface area (Å²) >= 11 is 5.29. The molecule has 1 saturated heterocycles. The van der Waals surface area contributed by atoms with E-state index in [1.807, 2.05) is 0 Å². The smallest absolute Gasteiger partial charge is 0.180 e. The van der Waals surface area contributed by atoms with Gasteiger partial charge in [0.2, 0.25) is 0 Å². The van der Waals surface area contributed by atoms with Crippen molar-refractivity contribution < 1.29 is 13.2 Å². The first-order valence-corrected chi connectivity index (χ1v) is 5.52. The summed E-state index contributed by atoms with van der Waals surface area (Å²) in [6.07, 6.45) is 1.36. The lowest BCUT2D eigenvalue weighted by molar-refractivity contribution is 0.424. The van der Waals surface area contributed by atoms with Gasteiger partial charge in [-0.15, -0.1) is 0 Å². The summed E-state index contributed by atoms with van der Waals surface area (Å²) in [6, 6.07) is 1.01. The molecule has 1 aromatic rings. The van der Waals surface area contributed by atoms with Crippen molar-refractivity contribution in [3.63, 3.8) is 0 Å². The van der Waals surface area contributed by atoms with Crippen LogP contribution in [-0.4, -0.2) is 13.1 Å². The Morgan fingerprint density at radius 1 is 1.12 bits per heavy atom. The fourth-order valence-corrected chi connectivity index (χ4v) is 2.16. The van der Waals surface area contributed by atoms with Crippen LogP contribution in [0.4, 0.5) is 13.2 Å². The molecule has 1 N–H and O–H groups in total. The van der Waals surface area contributed by atoms with Crippen LogP contribution >= 0.6 is 11.6 Å². The lowest BCUT2D eigenvalue weighted by Crippen LogP contribution is -2.27. The lowest BCUT2D eigenvalue weighted by atomic mass is 9.89. The summed E-state index contributed by atoms with van der Waals surface area (Å²) in [6.45, 7) is 1.46. The molecular weight excluding hydrogens is 239 g/mol. The molecule has 5 heteroatoms. The van der Waals surface area contributed by atoms with Crippen LogP contribution in [0.5, 0.6) is 0 Å². The van der Waals surface area contributed by atoms with Crippen LogP contribution in [0.15, 0.2) is 6.07 Å². The number of benzene rings is 1. The molecule has 88 valence electrons. The number of hydrogen-bond acceptors (Lipinski definition) is 1. The van der Waals surface area contributed by atoms with E-state index in [9.17, 15) is 13.2 Å². The molecule has 1 nitrogen and oxygen atoms in total. The third-order valence-corrected chi connectivity index (χ3v) is 3.26. The predicted molar refractivity (Wildman–Crippen MR) is 56.2 cm³/mol. The summed E-state index contributed by atoms with van der Waals surface area (Å²) < 4.78 is 40.0. The molecule has 16 heavy (non-hydrogen) atoms. The third kappa shape index (κ3) is 2.04. The van der Waals surface area contributed by atoms with Crippen molar-refractivity contribution in [2.24, 2.45) is 0 Å². The van der Waals surface area contributed by atoms with Gasteiger partial charge in [0.15, 0.2) is 11.6 Å². The fourth-order valence-electron chi connectivity index (χ4n) is 2.02. The number of halogens is 4. The van der Waals surface area contributed by atoms with E-state index < -0.39 is 22.5 Å². The van der Waals surface area contributed by atoms with Crippen LogP contribution in [0.25, 0.3) is 0 Å². The predicted octanol–water partition coefficient (Wildman–Crippen LogP) is 3.22. The van der Waals surface area contributed by atoms with Gasteiger partial charge in [0.25, 0.3) is 0 Å². The number of hydrogen-bond donors (Lipinski definition) is 1. The molecule has 0 aromatic heterocycles. The highest BCUT2D eigenvalue weighted by molar-refractivity contribution is 6.30. The van der Waals surface area contributed by atoms with E-state index in [2.05, 4.69) is 5.32 Å². The van der Waals surface area contributed by atoms with Crippen LogP contribution in [0, 0.1) is 17.5 Å². The van der Waals surface area contributed by atoms with Gasteiger partial charge in [-0.3, -0.25) is 0 Å². The standard InChI is InChI=1S/C11H11ClF3N/c12-9-8(13)5-7(10(14)11(9)15)6-1-3-16-4-2-6/h5-6,16H,1-4H2. The van der Waals surface area contributed by atoms with Crippen molar-refractivity contribution in [3.8, 4) is 0 Å². The topological polar surface area (TPSA) is 12.0 Å². The van der Waals surface area contributed by atoms with Gasteiger partial charge in [0.05, 0.1) is 0 Å². The molecule has 0 aliphatic carbocycles. The average Bonchev–Trinajstić information content (AvgIpc) is 2.32. The zero-order valence-corrected chi connectivity index (χ0v) is 9.25. The minimum atomic E-state index is -1.28. The van der Waals surface area contributed by atoms with Crippen molar-refractivity contribution >= 4 is 11.6 Å².